The summed E-state index contributed by atoms with van der Waals surface area (Å²) in [6.45, 7) is 1.88. The van der Waals surface area contributed by atoms with E-state index in [0.717, 1.165) is 9.76 Å². The zero-order chi connectivity index (χ0) is 12.1. The van der Waals surface area contributed by atoms with Crippen LogP contribution in [-0.4, -0.2) is 34.3 Å². The van der Waals surface area contributed by atoms with Gasteiger partial charge in [-0.05, 0) is 12.5 Å². The van der Waals surface area contributed by atoms with Crippen molar-refractivity contribution < 1.29 is 4.79 Å². The molecule has 0 N–H and O–H groups in total. The van der Waals surface area contributed by atoms with Gasteiger partial charge in [0.1, 0.15) is 0 Å². The topological polar surface area (TPSA) is 20.3 Å². The van der Waals surface area contributed by atoms with Gasteiger partial charge < -0.3 is 4.90 Å². The molecule has 1 atom stereocenters. The van der Waals surface area contributed by atoms with Gasteiger partial charge in [-0.25, -0.2) is 0 Å². The van der Waals surface area contributed by atoms with Gasteiger partial charge in [0, 0.05) is 14.1 Å². The summed E-state index contributed by atoms with van der Waals surface area (Å²) >= 11 is 6.72. The predicted octanol–water partition coefficient (Wildman–Crippen LogP) is 2.57. The largest absolute Gasteiger partial charge is 0.348 e. The van der Waals surface area contributed by atoms with Gasteiger partial charge in [-0.15, -0.1) is 11.8 Å². The third-order valence-electron chi connectivity index (χ3n) is 2.08. The quantitative estimate of drug-likeness (QED) is 0.772. The number of amides is 1. The van der Waals surface area contributed by atoms with Crippen LogP contribution in [-0.2, 0) is 4.79 Å². The van der Waals surface area contributed by atoms with E-state index in [1.54, 1.807) is 19.0 Å². The summed E-state index contributed by atoms with van der Waals surface area (Å²) in [5.74, 6) is 0.0864. The second kappa shape index (κ2) is 6.01. The molecule has 0 aliphatic carbocycles. The number of thiocarbonyl (C=S) groups is 1. The van der Waals surface area contributed by atoms with E-state index in [-0.39, 0.29) is 11.2 Å². The number of rotatable bonds is 3. The molecule has 0 saturated carbocycles. The van der Waals surface area contributed by atoms with E-state index in [9.17, 15) is 4.79 Å². The van der Waals surface area contributed by atoms with Gasteiger partial charge in [-0.1, -0.05) is 42.5 Å². The number of benzene rings is 1. The van der Waals surface area contributed by atoms with Crippen LogP contribution in [0, 0.1) is 0 Å². The van der Waals surface area contributed by atoms with E-state index in [1.165, 1.54) is 11.8 Å². The molecule has 0 saturated heterocycles. The van der Waals surface area contributed by atoms with Crippen molar-refractivity contribution in [2.45, 2.75) is 12.2 Å². The lowest BCUT2D eigenvalue weighted by molar-refractivity contribution is -0.127. The van der Waals surface area contributed by atoms with Crippen LogP contribution in [0.1, 0.15) is 12.5 Å². The lowest BCUT2D eigenvalue weighted by Gasteiger charge is -2.16. The zero-order valence-electron chi connectivity index (χ0n) is 9.64. The number of carbonyl (C=O) groups is 1. The molecule has 4 heteroatoms. The fraction of sp³-hybridized carbons (Fsp3) is 0.333. The maximum Gasteiger partial charge on any atom is 0.235 e. The molecule has 0 bridgehead atoms. The molecule has 1 amide bonds. The number of carbonyl (C=O) groups excluding carboxylic acids is 1. The third kappa shape index (κ3) is 3.61. The van der Waals surface area contributed by atoms with Crippen LogP contribution in [0.25, 0.3) is 0 Å². The molecular weight excluding hydrogens is 238 g/mol. The summed E-state index contributed by atoms with van der Waals surface area (Å²) in [7, 11) is 3.51. The molecule has 16 heavy (non-hydrogen) atoms. The first-order valence-corrected chi connectivity index (χ1v) is 6.28. The van der Waals surface area contributed by atoms with Crippen LogP contribution in [0.3, 0.4) is 0 Å². The van der Waals surface area contributed by atoms with E-state index in [2.05, 4.69) is 0 Å². The van der Waals surface area contributed by atoms with E-state index < -0.39 is 0 Å². The fourth-order valence-electron chi connectivity index (χ4n) is 1.22. The first kappa shape index (κ1) is 13.2. The predicted molar refractivity (Wildman–Crippen MR) is 73.9 cm³/mol. The highest BCUT2D eigenvalue weighted by molar-refractivity contribution is 8.24. The second-order valence-corrected chi connectivity index (χ2v) is 5.66. The Balaban J connectivity index is 2.62. The van der Waals surface area contributed by atoms with E-state index in [4.69, 9.17) is 12.2 Å². The average Bonchev–Trinajstić information content (AvgIpc) is 2.28. The molecule has 0 unspecified atom stereocenters. The standard InChI is InChI=1S/C12H15NOS2/c1-9(11(14)13(2)3)16-12(15)10-7-5-4-6-8-10/h4-9H,1-3H3/t9-/m0/s1. The molecule has 0 spiro atoms. The normalized spacial score (nSPS) is 11.9. The van der Waals surface area contributed by atoms with Crippen molar-refractivity contribution in [2.24, 2.45) is 0 Å². The molecule has 0 aliphatic rings. The minimum Gasteiger partial charge on any atom is -0.348 e. The summed E-state index contributed by atoms with van der Waals surface area (Å²) in [4.78, 5) is 13.2. The first-order valence-electron chi connectivity index (χ1n) is 4.99. The second-order valence-electron chi connectivity index (χ2n) is 3.65. The van der Waals surface area contributed by atoms with Crippen molar-refractivity contribution in [1.82, 2.24) is 4.90 Å². The van der Waals surface area contributed by atoms with Crippen LogP contribution < -0.4 is 0 Å². The van der Waals surface area contributed by atoms with Gasteiger partial charge in [0.05, 0.1) is 9.45 Å². The van der Waals surface area contributed by atoms with Crippen LogP contribution in [0.5, 0.6) is 0 Å². The van der Waals surface area contributed by atoms with Crippen molar-refractivity contribution in [3.05, 3.63) is 35.9 Å². The van der Waals surface area contributed by atoms with Crippen molar-refractivity contribution in [3.8, 4) is 0 Å². The highest BCUT2D eigenvalue weighted by atomic mass is 32.2. The molecule has 86 valence electrons. The lowest BCUT2D eigenvalue weighted by atomic mass is 10.2. The van der Waals surface area contributed by atoms with Crippen LogP contribution in [0.2, 0.25) is 0 Å². The molecule has 1 aromatic carbocycles. The summed E-state index contributed by atoms with van der Waals surface area (Å²) < 4.78 is 0.767. The molecular formula is C12H15NOS2. The van der Waals surface area contributed by atoms with Gasteiger partial charge in [0.25, 0.3) is 0 Å². The third-order valence-corrected chi connectivity index (χ3v) is 3.61. The molecule has 0 fully saturated rings. The Morgan fingerprint density at radius 1 is 1.31 bits per heavy atom. The SMILES string of the molecule is C[C@H](SC(=S)c1ccccc1)C(=O)N(C)C. The van der Waals surface area contributed by atoms with Crippen molar-refractivity contribution in [1.29, 1.82) is 0 Å². The monoisotopic (exact) mass is 253 g/mol. The van der Waals surface area contributed by atoms with Crippen LogP contribution >= 0.6 is 24.0 Å². The Bertz CT molecular complexity index is 376. The van der Waals surface area contributed by atoms with Crippen molar-refractivity contribution >= 4 is 34.1 Å². The van der Waals surface area contributed by atoms with Gasteiger partial charge in [0.15, 0.2) is 0 Å². The van der Waals surface area contributed by atoms with E-state index in [0.29, 0.717) is 0 Å². The molecule has 1 aromatic rings. The summed E-state index contributed by atoms with van der Waals surface area (Å²) in [6.07, 6.45) is 0. The van der Waals surface area contributed by atoms with Gasteiger partial charge in [-0.2, -0.15) is 0 Å². The van der Waals surface area contributed by atoms with Crippen LogP contribution in [0.15, 0.2) is 30.3 Å². The highest BCUT2D eigenvalue weighted by Gasteiger charge is 2.17. The van der Waals surface area contributed by atoms with Gasteiger partial charge in [0.2, 0.25) is 5.91 Å². The minimum absolute atomic E-state index is 0.0864. The Morgan fingerprint density at radius 2 is 1.88 bits per heavy atom. The number of nitrogens with zero attached hydrogens (tertiary/aromatic N) is 1. The Hall–Kier alpha value is -0.870. The summed E-state index contributed by atoms with van der Waals surface area (Å²) in [5, 5.41) is -0.136. The van der Waals surface area contributed by atoms with Crippen molar-refractivity contribution in [3.63, 3.8) is 0 Å². The van der Waals surface area contributed by atoms with E-state index in [1.807, 2.05) is 37.3 Å². The summed E-state index contributed by atoms with van der Waals surface area (Å²) in [6, 6.07) is 9.76. The average molecular weight is 253 g/mol. The molecule has 0 aromatic heterocycles. The number of thioether (sulfide) groups is 1. The molecule has 2 nitrogen and oxygen atoms in total. The van der Waals surface area contributed by atoms with Crippen LogP contribution in [0.4, 0.5) is 0 Å². The molecule has 0 aliphatic heterocycles. The minimum atomic E-state index is -0.136. The Labute approximate surface area is 106 Å². The Kier molecular flexibility index (Phi) is 4.96. The molecule has 1 rings (SSSR count). The van der Waals surface area contributed by atoms with Gasteiger partial charge >= 0.3 is 0 Å². The van der Waals surface area contributed by atoms with E-state index >= 15 is 0 Å². The first-order chi connectivity index (χ1) is 7.52. The maximum atomic E-state index is 11.7. The number of hydrogen-bond donors (Lipinski definition) is 0. The van der Waals surface area contributed by atoms with Crippen molar-refractivity contribution in [2.75, 3.05) is 14.1 Å². The molecule has 0 radical (unpaired) electrons. The smallest absolute Gasteiger partial charge is 0.235 e. The number of hydrogen-bond acceptors (Lipinski definition) is 3. The fourth-order valence-corrected chi connectivity index (χ4v) is 2.69. The maximum absolute atomic E-state index is 11.7. The highest BCUT2D eigenvalue weighted by Crippen LogP contribution is 2.20. The van der Waals surface area contributed by atoms with Gasteiger partial charge in [-0.3, -0.25) is 4.79 Å². The Morgan fingerprint density at radius 3 is 2.38 bits per heavy atom. The molecule has 0 heterocycles. The lowest BCUT2D eigenvalue weighted by Crippen LogP contribution is -2.30. The summed E-state index contributed by atoms with van der Waals surface area (Å²) in [5.41, 5.74) is 1.00. The zero-order valence-corrected chi connectivity index (χ0v) is 11.3.